The summed E-state index contributed by atoms with van der Waals surface area (Å²) < 4.78 is 2.14. The van der Waals surface area contributed by atoms with E-state index in [1.54, 1.807) is 12.1 Å². The number of carbonyl (C=O) groups excluding carboxylic acids is 2. The molecular formula is C22H28Cl2N4O2. The second-order valence-electron chi connectivity index (χ2n) is 8.48. The molecule has 1 atom stereocenters. The zero-order valence-electron chi connectivity index (χ0n) is 17.8. The van der Waals surface area contributed by atoms with Gasteiger partial charge in [-0.1, -0.05) is 29.3 Å². The third-order valence-electron chi connectivity index (χ3n) is 5.10. The monoisotopic (exact) mass is 450 g/mol. The Morgan fingerprint density at radius 1 is 1.17 bits per heavy atom. The SMILES string of the molecule is CCN(CC(=O)N1CCn2cccc2[C@H]1c1ccc(Cl)c(Cl)c1)C(=O)NC(C)(C)C. The second-order valence-corrected chi connectivity index (χ2v) is 9.30. The Balaban J connectivity index is 1.88. The van der Waals surface area contributed by atoms with Crippen molar-refractivity contribution < 1.29 is 9.59 Å². The molecule has 0 fully saturated rings. The van der Waals surface area contributed by atoms with Crippen LogP contribution in [0.5, 0.6) is 0 Å². The molecule has 8 heteroatoms. The van der Waals surface area contributed by atoms with Gasteiger partial charge in [-0.25, -0.2) is 4.79 Å². The third kappa shape index (κ3) is 4.93. The number of amides is 3. The Morgan fingerprint density at radius 2 is 1.90 bits per heavy atom. The molecule has 0 aliphatic carbocycles. The van der Waals surface area contributed by atoms with Crippen molar-refractivity contribution in [1.29, 1.82) is 0 Å². The minimum atomic E-state index is -0.373. The van der Waals surface area contributed by atoms with Crippen molar-refractivity contribution in [3.8, 4) is 0 Å². The predicted octanol–water partition coefficient (Wildman–Crippen LogP) is 4.56. The number of hydrogen-bond donors (Lipinski definition) is 1. The molecule has 0 unspecified atom stereocenters. The van der Waals surface area contributed by atoms with E-state index in [-0.39, 0.29) is 30.1 Å². The Labute approximate surface area is 187 Å². The van der Waals surface area contributed by atoms with Gasteiger partial charge in [-0.05, 0) is 57.5 Å². The molecule has 0 saturated heterocycles. The summed E-state index contributed by atoms with van der Waals surface area (Å²) in [4.78, 5) is 29.3. The van der Waals surface area contributed by atoms with Crippen LogP contribution in [0.1, 0.15) is 45.0 Å². The van der Waals surface area contributed by atoms with E-state index in [0.717, 1.165) is 11.3 Å². The first-order valence-corrected chi connectivity index (χ1v) is 10.8. The van der Waals surface area contributed by atoms with Gasteiger partial charge in [-0.2, -0.15) is 0 Å². The number of benzene rings is 1. The number of rotatable bonds is 4. The van der Waals surface area contributed by atoms with Crippen molar-refractivity contribution in [2.45, 2.75) is 45.8 Å². The van der Waals surface area contributed by atoms with Crippen LogP contribution in [-0.4, -0.2) is 51.5 Å². The fraction of sp³-hybridized carbons (Fsp3) is 0.455. The highest BCUT2D eigenvalue weighted by Gasteiger charge is 2.33. The summed E-state index contributed by atoms with van der Waals surface area (Å²) in [7, 11) is 0. The molecule has 0 bridgehead atoms. The van der Waals surface area contributed by atoms with Crippen molar-refractivity contribution in [1.82, 2.24) is 19.7 Å². The molecule has 1 N–H and O–H groups in total. The molecular weight excluding hydrogens is 423 g/mol. The summed E-state index contributed by atoms with van der Waals surface area (Å²) in [6.45, 7) is 9.31. The first kappa shape index (κ1) is 22.5. The molecule has 0 saturated carbocycles. The lowest BCUT2D eigenvalue weighted by molar-refractivity contribution is -0.134. The lowest BCUT2D eigenvalue weighted by Gasteiger charge is -2.38. The van der Waals surface area contributed by atoms with E-state index < -0.39 is 0 Å². The average Bonchev–Trinajstić information content (AvgIpc) is 3.14. The van der Waals surface area contributed by atoms with Gasteiger partial charge in [-0.3, -0.25) is 4.79 Å². The van der Waals surface area contributed by atoms with Crippen molar-refractivity contribution in [3.05, 3.63) is 57.8 Å². The van der Waals surface area contributed by atoms with Crippen molar-refractivity contribution in [3.63, 3.8) is 0 Å². The molecule has 2 aromatic rings. The smallest absolute Gasteiger partial charge is 0.318 e. The largest absolute Gasteiger partial charge is 0.348 e. The highest BCUT2D eigenvalue weighted by Crippen LogP contribution is 2.35. The van der Waals surface area contributed by atoms with E-state index in [4.69, 9.17) is 23.2 Å². The molecule has 3 rings (SSSR count). The van der Waals surface area contributed by atoms with Gasteiger partial charge < -0.3 is 19.7 Å². The van der Waals surface area contributed by atoms with Crippen LogP contribution in [-0.2, 0) is 11.3 Å². The Bertz CT molecular complexity index is 935. The van der Waals surface area contributed by atoms with E-state index in [1.165, 1.54) is 4.90 Å². The van der Waals surface area contributed by atoms with Crippen LogP contribution >= 0.6 is 23.2 Å². The molecule has 0 spiro atoms. The van der Waals surface area contributed by atoms with Gasteiger partial charge in [0.15, 0.2) is 0 Å². The Kier molecular flexibility index (Phi) is 6.68. The normalized spacial score (nSPS) is 16.2. The first-order valence-electron chi connectivity index (χ1n) is 10.1. The fourth-order valence-electron chi connectivity index (χ4n) is 3.67. The molecule has 1 aliphatic heterocycles. The van der Waals surface area contributed by atoms with Crippen LogP contribution in [0.25, 0.3) is 0 Å². The summed E-state index contributed by atoms with van der Waals surface area (Å²) in [6.07, 6.45) is 2.01. The van der Waals surface area contributed by atoms with Gasteiger partial charge in [0.2, 0.25) is 5.91 Å². The summed E-state index contributed by atoms with van der Waals surface area (Å²) in [5.74, 6) is -0.107. The molecule has 0 radical (unpaired) electrons. The molecule has 3 amide bonds. The van der Waals surface area contributed by atoms with Crippen molar-refractivity contribution in [2.24, 2.45) is 0 Å². The number of nitrogens with one attached hydrogen (secondary N) is 1. The molecule has 1 aromatic heterocycles. The first-order chi connectivity index (χ1) is 14.1. The standard InChI is InChI=1S/C22H28Cl2N4O2/c1-5-26(21(30)25-22(2,3)4)14-19(29)28-12-11-27-10-6-7-18(27)20(28)15-8-9-16(23)17(24)13-15/h6-10,13,20H,5,11-12,14H2,1-4H3,(H,25,30)/t20-/m1/s1. The number of likely N-dealkylation sites (N-methyl/N-ethyl adjacent to an activating group) is 1. The third-order valence-corrected chi connectivity index (χ3v) is 5.83. The molecule has 162 valence electrons. The van der Waals surface area contributed by atoms with E-state index in [2.05, 4.69) is 9.88 Å². The minimum absolute atomic E-state index is 0.0109. The predicted molar refractivity (Wildman–Crippen MR) is 120 cm³/mol. The van der Waals surface area contributed by atoms with Crippen LogP contribution in [0.15, 0.2) is 36.5 Å². The maximum atomic E-state index is 13.3. The highest BCUT2D eigenvalue weighted by molar-refractivity contribution is 6.42. The van der Waals surface area contributed by atoms with Gasteiger partial charge in [0.25, 0.3) is 0 Å². The number of hydrogen-bond acceptors (Lipinski definition) is 2. The van der Waals surface area contributed by atoms with E-state index in [9.17, 15) is 9.59 Å². The molecule has 1 aliphatic rings. The maximum Gasteiger partial charge on any atom is 0.318 e. The van der Waals surface area contributed by atoms with Gasteiger partial charge in [0, 0.05) is 37.1 Å². The van der Waals surface area contributed by atoms with Crippen LogP contribution in [0.3, 0.4) is 0 Å². The van der Waals surface area contributed by atoms with Crippen LogP contribution in [0.2, 0.25) is 10.0 Å². The second kappa shape index (κ2) is 8.90. The summed E-state index contributed by atoms with van der Waals surface area (Å²) in [5.41, 5.74) is 1.53. The molecule has 2 heterocycles. The Hall–Kier alpha value is -2.18. The van der Waals surface area contributed by atoms with Gasteiger partial charge in [0.05, 0.1) is 16.1 Å². The number of aromatic nitrogens is 1. The summed E-state index contributed by atoms with van der Waals surface area (Å²) >= 11 is 12.4. The number of fused-ring (bicyclic) bond motifs is 1. The Morgan fingerprint density at radius 3 is 2.53 bits per heavy atom. The average molecular weight is 451 g/mol. The summed E-state index contributed by atoms with van der Waals surface area (Å²) in [6, 6.07) is 8.90. The van der Waals surface area contributed by atoms with E-state index in [1.807, 2.05) is 57.0 Å². The maximum absolute atomic E-state index is 13.3. The quantitative estimate of drug-likeness (QED) is 0.741. The van der Waals surface area contributed by atoms with Crippen LogP contribution < -0.4 is 5.32 Å². The fourth-order valence-corrected chi connectivity index (χ4v) is 3.97. The number of nitrogens with zero attached hydrogens (tertiary/aromatic N) is 3. The van der Waals surface area contributed by atoms with Gasteiger partial charge in [0.1, 0.15) is 6.54 Å². The number of halogens is 2. The van der Waals surface area contributed by atoms with E-state index in [0.29, 0.717) is 29.7 Å². The molecule has 6 nitrogen and oxygen atoms in total. The lowest BCUT2D eigenvalue weighted by atomic mass is 9.99. The zero-order chi connectivity index (χ0) is 22.1. The van der Waals surface area contributed by atoms with Crippen LogP contribution in [0.4, 0.5) is 4.79 Å². The van der Waals surface area contributed by atoms with Crippen molar-refractivity contribution >= 4 is 35.1 Å². The molecule has 1 aromatic carbocycles. The lowest BCUT2D eigenvalue weighted by Crippen LogP contribution is -2.52. The van der Waals surface area contributed by atoms with Gasteiger partial charge in [-0.15, -0.1) is 0 Å². The number of carbonyl (C=O) groups is 2. The zero-order valence-corrected chi connectivity index (χ0v) is 19.3. The summed E-state index contributed by atoms with van der Waals surface area (Å²) in [5, 5.41) is 3.85. The van der Waals surface area contributed by atoms with Gasteiger partial charge >= 0.3 is 6.03 Å². The van der Waals surface area contributed by atoms with Crippen molar-refractivity contribution in [2.75, 3.05) is 19.6 Å². The van der Waals surface area contributed by atoms with Crippen LogP contribution in [0, 0.1) is 0 Å². The minimum Gasteiger partial charge on any atom is -0.348 e. The molecule has 30 heavy (non-hydrogen) atoms. The van der Waals surface area contributed by atoms with E-state index >= 15 is 0 Å². The number of urea groups is 1. The topological polar surface area (TPSA) is 57.6 Å². The highest BCUT2D eigenvalue weighted by atomic mass is 35.5.